The van der Waals surface area contributed by atoms with Crippen molar-refractivity contribution in [3.05, 3.63) is 107 Å². The van der Waals surface area contributed by atoms with E-state index in [2.05, 4.69) is 23.5 Å². The third-order valence-electron chi connectivity index (χ3n) is 5.40. The van der Waals surface area contributed by atoms with Gasteiger partial charge in [-0.1, -0.05) is 42.0 Å². The summed E-state index contributed by atoms with van der Waals surface area (Å²) in [6.45, 7) is 3.95. The maximum absolute atomic E-state index is 13.2. The number of allylic oxidation sites excluding steroid dienone is 4. The molecule has 1 N–H and O–H groups in total. The minimum absolute atomic E-state index is 0.149. The van der Waals surface area contributed by atoms with Crippen molar-refractivity contribution in [3.8, 4) is 0 Å². The minimum atomic E-state index is -0.323. The number of rotatable bonds is 6. The van der Waals surface area contributed by atoms with E-state index in [1.54, 1.807) is 24.7 Å². The third-order valence-corrected chi connectivity index (χ3v) is 5.40. The maximum atomic E-state index is 13.2. The lowest BCUT2D eigenvalue weighted by molar-refractivity contribution is -0.115. The number of halogens is 1. The maximum Gasteiger partial charge on any atom is 0.228 e. The molecule has 0 saturated carbocycles. The Kier molecular flexibility index (Phi) is 6.55. The van der Waals surface area contributed by atoms with E-state index in [4.69, 9.17) is 9.47 Å². The second kappa shape index (κ2) is 9.69. The van der Waals surface area contributed by atoms with Crippen molar-refractivity contribution in [3.63, 3.8) is 0 Å². The topological polar surface area (TPSA) is 47.6 Å². The molecule has 2 aliphatic rings. The minimum Gasteiger partial charge on any atom is -0.465 e. The second-order valence-corrected chi connectivity index (χ2v) is 8.13. The van der Waals surface area contributed by atoms with Crippen LogP contribution in [0.3, 0.4) is 0 Å². The number of carbonyl (C=O) groups is 1. The van der Waals surface area contributed by atoms with E-state index in [1.807, 2.05) is 26.0 Å². The number of carbonyl (C=O) groups excluding carboxylic acids is 1. The van der Waals surface area contributed by atoms with Crippen LogP contribution in [0.5, 0.6) is 0 Å². The van der Waals surface area contributed by atoms with Gasteiger partial charge in [0.1, 0.15) is 24.1 Å². The summed E-state index contributed by atoms with van der Waals surface area (Å²) in [6.07, 6.45) is 12.4. The highest BCUT2D eigenvalue weighted by atomic mass is 19.1. The molecule has 164 valence electrons. The zero-order chi connectivity index (χ0) is 22.5. The number of hydrogen-bond acceptors (Lipinski definition) is 3. The predicted molar refractivity (Wildman–Crippen MR) is 124 cm³/mol. The molecule has 4 rings (SSSR count). The van der Waals surface area contributed by atoms with Gasteiger partial charge in [-0.05, 0) is 61.6 Å². The lowest BCUT2D eigenvalue weighted by Gasteiger charge is -2.22. The van der Waals surface area contributed by atoms with Crippen molar-refractivity contribution in [2.45, 2.75) is 39.5 Å². The standard InChI is InChI=1S/C27H26FNO3/c1-18-12-19(2)27(29-26(30)15-21-8-10-22(28)11-9-21)24(13-18)25-17-31-16-23(32-25)14-20-6-4-3-5-7-20/h3-4,6,8-13,16-17H,5,7,14-15H2,1-2H3,(H,29,30). The largest absolute Gasteiger partial charge is 0.465 e. The molecule has 2 aromatic rings. The summed E-state index contributed by atoms with van der Waals surface area (Å²) >= 11 is 0. The summed E-state index contributed by atoms with van der Waals surface area (Å²) in [5, 5.41) is 3.01. The van der Waals surface area contributed by atoms with E-state index >= 15 is 0 Å². The quantitative estimate of drug-likeness (QED) is 0.570. The highest BCUT2D eigenvalue weighted by Gasteiger charge is 2.20. The van der Waals surface area contributed by atoms with E-state index in [0.717, 1.165) is 40.9 Å². The van der Waals surface area contributed by atoms with Crippen LogP contribution in [0.1, 0.15) is 41.5 Å². The fraction of sp³-hybridized carbons (Fsp3) is 0.222. The van der Waals surface area contributed by atoms with Gasteiger partial charge in [0, 0.05) is 12.0 Å². The molecule has 2 aromatic carbocycles. The van der Waals surface area contributed by atoms with Crippen LogP contribution in [-0.2, 0) is 20.7 Å². The molecule has 4 nitrogen and oxygen atoms in total. The lowest BCUT2D eigenvalue weighted by atomic mass is 10.0. The Hall–Kier alpha value is -3.60. The molecular weight excluding hydrogens is 405 g/mol. The first-order valence-electron chi connectivity index (χ1n) is 10.7. The highest BCUT2D eigenvalue weighted by molar-refractivity contribution is 5.96. The van der Waals surface area contributed by atoms with Crippen LogP contribution >= 0.6 is 0 Å². The molecule has 0 unspecified atom stereocenters. The molecule has 0 aromatic heterocycles. The van der Waals surface area contributed by atoms with Crippen molar-refractivity contribution in [2.75, 3.05) is 5.32 Å². The number of anilines is 1. The van der Waals surface area contributed by atoms with Crippen LogP contribution in [0.25, 0.3) is 5.76 Å². The third kappa shape index (κ3) is 5.35. The van der Waals surface area contributed by atoms with Crippen LogP contribution in [0.15, 0.2) is 78.5 Å². The van der Waals surface area contributed by atoms with Gasteiger partial charge in [-0.15, -0.1) is 0 Å². The summed E-state index contributed by atoms with van der Waals surface area (Å²) in [5.41, 5.74) is 5.45. The van der Waals surface area contributed by atoms with Gasteiger partial charge in [0.15, 0.2) is 5.76 Å². The molecule has 5 heteroatoms. The molecule has 0 atom stereocenters. The van der Waals surface area contributed by atoms with Crippen LogP contribution in [-0.4, -0.2) is 5.91 Å². The van der Waals surface area contributed by atoms with Crippen molar-refractivity contribution in [2.24, 2.45) is 0 Å². The predicted octanol–water partition coefficient (Wildman–Crippen LogP) is 6.48. The molecule has 0 fully saturated rings. The van der Waals surface area contributed by atoms with Gasteiger partial charge in [0.2, 0.25) is 5.91 Å². The smallest absolute Gasteiger partial charge is 0.228 e. The van der Waals surface area contributed by atoms with E-state index in [9.17, 15) is 9.18 Å². The summed E-state index contributed by atoms with van der Waals surface area (Å²) in [7, 11) is 0. The van der Waals surface area contributed by atoms with E-state index < -0.39 is 0 Å². The van der Waals surface area contributed by atoms with Gasteiger partial charge < -0.3 is 14.8 Å². The van der Waals surface area contributed by atoms with Crippen molar-refractivity contribution in [1.29, 1.82) is 0 Å². The van der Waals surface area contributed by atoms with E-state index in [-0.39, 0.29) is 18.1 Å². The van der Waals surface area contributed by atoms with Gasteiger partial charge in [-0.2, -0.15) is 0 Å². The Morgan fingerprint density at radius 1 is 1.12 bits per heavy atom. The summed E-state index contributed by atoms with van der Waals surface area (Å²) < 4.78 is 24.9. The number of nitrogens with one attached hydrogen (secondary N) is 1. The fourth-order valence-electron chi connectivity index (χ4n) is 3.88. The first-order valence-corrected chi connectivity index (χ1v) is 10.7. The molecule has 0 saturated heterocycles. The SMILES string of the molecule is Cc1cc(C)c(NC(=O)Cc2ccc(F)cc2)c(C2=COC=C(CC3=CC=CCC3)O2)c1. The van der Waals surface area contributed by atoms with Crippen LogP contribution < -0.4 is 5.32 Å². The zero-order valence-electron chi connectivity index (χ0n) is 18.3. The lowest BCUT2D eigenvalue weighted by Crippen LogP contribution is -2.17. The molecule has 0 bridgehead atoms. The molecular formula is C27H26FNO3. The summed E-state index contributed by atoms with van der Waals surface area (Å²) in [6, 6.07) is 9.93. The molecule has 0 radical (unpaired) electrons. The van der Waals surface area contributed by atoms with Crippen LogP contribution in [0.2, 0.25) is 0 Å². The van der Waals surface area contributed by atoms with Crippen LogP contribution in [0, 0.1) is 19.7 Å². The average Bonchev–Trinajstić information content (AvgIpc) is 2.78. The molecule has 1 aliphatic carbocycles. The van der Waals surface area contributed by atoms with Crippen molar-refractivity contribution < 1.29 is 18.7 Å². The van der Waals surface area contributed by atoms with Crippen molar-refractivity contribution in [1.82, 2.24) is 0 Å². The normalized spacial score (nSPS) is 15.2. The first kappa shape index (κ1) is 21.6. The Bertz CT molecular complexity index is 1140. The van der Waals surface area contributed by atoms with Gasteiger partial charge >= 0.3 is 0 Å². The van der Waals surface area contributed by atoms with Gasteiger partial charge in [0.05, 0.1) is 12.1 Å². The van der Waals surface area contributed by atoms with Gasteiger partial charge in [-0.3, -0.25) is 4.79 Å². The molecule has 1 heterocycles. The monoisotopic (exact) mass is 431 g/mol. The Balaban J connectivity index is 1.53. The average molecular weight is 432 g/mol. The van der Waals surface area contributed by atoms with Crippen molar-refractivity contribution >= 4 is 17.4 Å². The van der Waals surface area contributed by atoms with Gasteiger partial charge in [-0.25, -0.2) is 4.39 Å². The summed E-state index contributed by atoms with van der Waals surface area (Å²) in [5.74, 6) is 0.776. The Labute approximate surface area is 187 Å². The number of benzene rings is 2. The summed E-state index contributed by atoms with van der Waals surface area (Å²) in [4.78, 5) is 12.7. The Morgan fingerprint density at radius 2 is 1.94 bits per heavy atom. The molecule has 1 amide bonds. The van der Waals surface area contributed by atoms with Gasteiger partial charge in [0.25, 0.3) is 0 Å². The molecule has 32 heavy (non-hydrogen) atoms. The Morgan fingerprint density at radius 3 is 2.69 bits per heavy atom. The zero-order valence-corrected chi connectivity index (χ0v) is 18.3. The highest BCUT2D eigenvalue weighted by Crippen LogP contribution is 2.34. The second-order valence-electron chi connectivity index (χ2n) is 8.13. The first-order chi connectivity index (χ1) is 15.5. The number of ether oxygens (including phenoxy) is 2. The molecule has 1 aliphatic heterocycles. The van der Waals surface area contributed by atoms with E-state index in [0.29, 0.717) is 17.9 Å². The fourth-order valence-corrected chi connectivity index (χ4v) is 3.88. The number of amides is 1. The van der Waals surface area contributed by atoms with E-state index in [1.165, 1.54) is 17.7 Å². The number of hydrogen-bond donors (Lipinski definition) is 1. The molecule has 0 spiro atoms. The number of aryl methyl sites for hydroxylation is 2. The van der Waals surface area contributed by atoms with Crippen LogP contribution in [0.4, 0.5) is 10.1 Å².